The highest BCUT2D eigenvalue weighted by Gasteiger charge is 2.15. The molecule has 3 N–H and O–H groups in total. The zero-order chi connectivity index (χ0) is 11.0. The van der Waals surface area contributed by atoms with Gasteiger partial charge in [0, 0.05) is 6.04 Å². The zero-order valence-corrected chi connectivity index (χ0v) is 10.2. The topological polar surface area (TPSA) is 55.1 Å². The quantitative estimate of drug-likeness (QED) is 0.605. The van der Waals surface area contributed by atoms with Crippen LogP contribution in [0.25, 0.3) is 0 Å². The second-order valence-corrected chi connectivity index (χ2v) is 4.81. The zero-order valence-electron chi connectivity index (χ0n) is 9.38. The Balaban J connectivity index is 3.84. The van der Waals surface area contributed by atoms with E-state index in [9.17, 15) is 4.79 Å². The van der Waals surface area contributed by atoms with E-state index >= 15 is 0 Å². The van der Waals surface area contributed by atoms with Crippen LogP contribution in [0.5, 0.6) is 0 Å². The first-order valence-electron chi connectivity index (χ1n) is 5.24. The minimum Gasteiger partial charge on any atom is -0.368 e. The predicted molar refractivity (Wildman–Crippen MR) is 63.5 cm³/mol. The number of hydrogen-bond donors (Lipinski definition) is 2. The lowest BCUT2D eigenvalue weighted by atomic mass is 10.1. The standard InChI is InChI=1S/C10H22N2OS/c1-4-8(3)12-9(10(11)13)6-7-14-5-2/h8-9,12H,4-7H2,1-3H3,(H2,11,13). The minimum absolute atomic E-state index is 0.163. The predicted octanol–water partition coefficient (Wildman–Crippen LogP) is 1.37. The molecule has 2 unspecified atom stereocenters. The van der Waals surface area contributed by atoms with Gasteiger partial charge in [0.25, 0.3) is 0 Å². The van der Waals surface area contributed by atoms with Gasteiger partial charge in [0.2, 0.25) is 5.91 Å². The van der Waals surface area contributed by atoms with E-state index in [2.05, 4.69) is 26.1 Å². The number of amides is 1. The third kappa shape index (κ3) is 6.27. The van der Waals surface area contributed by atoms with Gasteiger partial charge >= 0.3 is 0 Å². The van der Waals surface area contributed by atoms with Gasteiger partial charge in [-0.3, -0.25) is 4.79 Å². The summed E-state index contributed by atoms with van der Waals surface area (Å²) in [7, 11) is 0. The fourth-order valence-corrected chi connectivity index (χ4v) is 1.81. The normalized spacial score (nSPS) is 15.1. The van der Waals surface area contributed by atoms with E-state index in [0.29, 0.717) is 6.04 Å². The highest BCUT2D eigenvalue weighted by Crippen LogP contribution is 2.05. The molecule has 14 heavy (non-hydrogen) atoms. The number of nitrogens with two attached hydrogens (primary N) is 1. The molecule has 0 aliphatic rings. The van der Waals surface area contributed by atoms with E-state index in [1.54, 1.807) is 0 Å². The summed E-state index contributed by atoms with van der Waals surface area (Å²) < 4.78 is 0. The van der Waals surface area contributed by atoms with Gasteiger partial charge < -0.3 is 11.1 Å². The van der Waals surface area contributed by atoms with E-state index in [1.807, 2.05) is 11.8 Å². The van der Waals surface area contributed by atoms with Crippen molar-refractivity contribution in [2.24, 2.45) is 5.73 Å². The molecule has 0 aromatic rings. The lowest BCUT2D eigenvalue weighted by Crippen LogP contribution is -2.45. The average Bonchev–Trinajstić information content (AvgIpc) is 2.16. The molecule has 0 aliphatic carbocycles. The van der Waals surface area contributed by atoms with Crippen molar-refractivity contribution in [1.29, 1.82) is 0 Å². The Kier molecular flexibility index (Phi) is 7.99. The molecule has 4 heteroatoms. The molecule has 0 aromatic heterocycles. The van der Waals surface area contributed by atoms with Gasteiger partial charge in [-0.25, -0.2) is 0 Å². The van der Waals surface area contributed by atoms with Gasteiger partial charge in [0.1, 0.15) is 0 Å². The van der Waals surface area contributed by atoms with Gasteiger partial charge in [-0.05, 0) is 31.3 Å². The Labute approximate surface area is 91.2 Å². The summed E-state index contributed by atoms with van der Waals surface area (Å²) >= 11 is 1.84. The fraction of sp³-hybridized carbons (Fsp3) is 0.900. The van der Waals surface area contributed by atoms with Crippen LogP contribution in [0.4, 0.5) is 0 Å². The summed E-state index contributed by atoms with van der Waals surface area (Å²) in [6, 6.07) is 0.197. The van der Waals surface area contributed by atoms with Crippen molar-refractivity contribution in [1.82, 2.24) is 5.32 Å². The molecule has 1 amide bonds. The van der Waals surface area contributed by atoms with Crippen LogP contribution in [0.2, 0.25) is 0 Å². The number of carbonyl (C=O) groups is 1. The summed E-state index contributed by atoms with van der Waals surface area (Å²) in [6.07, 6.45) is 1.85. The molecule has 0 aliphatic heterocycles. The summed E-state index contributed by atoms with van der Waals surface area (Å²) in [5.41, 5.74) is 5.31. The van der Waals surface area contributed by atoms with E-state index < -0.39 is 0 Å². The molecule has 0 aromatic carbocycles. The lowest BCUT2D eigenvalue weighted by molar-refractivity contribution is -0.120. The molecular weight excluding hydrogens is 196 g/mol. The molecule has 0 fully saturated rings. The Morgan fingerprint density at radius 1 is 1.50 bits per heavy atom. The molecule has 0 saturated carbocycles. The fourth-order valence-electron chi connectivity index (χ4n) is 1.11. The van der Waals surface area contributed by atoms with Crippen molar-refractivity contribution in [3.05, 3.63) is 0 Å². The van der Waals surface area contributed by atoms with Gasteiger partial charge in [-0.2, -0.15) is 11.8 Å². The van der Waals surface area contributed by atoms with Crippen LogP contribution in [0.15, 0.2) is 0 Å². The molecular formula is C10H22N2OS. The molecule has 84 valence electrons. The molecule has 0 bridgehead atoms. The largest absolute Gasteiger partial charge is 0.368 e. The van der Waals surface area contributed by atoms with E-state index in [4.69, 9.17) is 5.73 Å². The molecule has 0 radical (unpaired) electrons. The molecule has 3 nitrogen and oxygen atoms in total. The maximum atomic E-state index is 11.1. The number of thioether (sulfide) groups is 1. The van der Waals surface area contributed by atoms with Gasteiger partial charge in [0.05, 0.1) is 6.04 Å². The summed E-state index contributed by atoms with van der Waals surface area (Å²) in [5.74, 6) is 1.85. The van der Waals surface area contributed by atoms with Crippen LogP contribution >= 0.6 is 11.8 Å². The lowest BCUT2D eigenvalue weighted by Gasteiger charge is -2.19. The van der Waals surface area contributed by atoms with Gasteiger partial charge in [-0.1, -0.05) is 13.8 Å². The summed E-state index contributed by atoms with van der Waals surface area (Å²) in [6.45, 7) is 6.28. The second kappa shape index (κ2) is 8.12. The van der Waals surface area contributed by atoms with Crippen LogP contribution < -0.4 is 11.1 Å². The third-order valence-electron chi connectivity index (χ3n) is 2.20. The summed E-state index contributed by atoms with van der Waals surface area (Å²) in [5, 5.41) is 3.24. The first-order valence-corrected chi connectivity index (χ1v) is 6.40. The van der Waals surface area contributed by atoms with Crippen LogP contribution in [0.3, 0.4) is 0 Å². The first kappa shape index (κ1) is 13.8. The SMILES string of the molecule is CCSCCC(NC(C)CC)C(N)=O. The number of rotatable bonds is 8. The van der Waals surface area contributed by atoms with Crippen molar-refractivity contribution in [2.75, 3.05) is 11.5 Å². The van der Waals surface area contributed by atoms with Gasteiger partial charge in [0.15, 0.2) is 0 Å². The first-order chi connectivity index (χ1) is 6.61. The van der Waals surface area contributed by atoms with E-state index in [0.717, 1.165) is 24.3 Å². The number of carbonyl (C=O) groups excluding carboxylic acids is 1. The smallest absolute Gasteiger partial charge is 0.234 e. The molecule has 0 rings (SSSR count). The van der Waals surface area contributed by atoms with E-state index in [1.165, 1.54) is 0 Å². The average molecular weight is 218 g/mol. The van der Waals surface area contributed by atoms with Crippen LogP contribution in [0, 0.1) is 0 Å². The van der Waals surface area contributed by atoms with Crippen molar-refractivity contribution < 1.29 is 4.79 Å². The summed E-state index contributed by atoms with van der Waals surface area (Å²) in [4.78, 5) is 11.1. The van der Waals surface area contributed by atoms with E-state index in [-0.39, 0.29) is 11.9 Å². The third-order valence-corrected chi connectivity index (χ3v) is 3.13. The van der Waals surface area contributed by atoms with Gasteiger partial charge in [-0.15, -0.1) is 0 Å². The Bertz CT molecular complexity index is 164. The Morgan fingerprint density at radius 3 is 2.57 bits per heavy atom. The van der Waals surface area contributed by atoms with Crippen LogP contribution in [-0.2, 0) is 4.79 Å². The molecule has 0 spiro atoms. The number of primary amides is 1. The monoisotopic (exact) mass is 218 g/mol. The number of hydrogen-bond acceptors (Lipinski definition) is 3. The Morgan fingerprint density at radius 2 is 2.14 bits per heavy atom. The highest BCUT2D eigenvalue weighted by molar-refractivity contribution is 7.99. The number of nitrogens with one attached hydrogen (secondary N) is 1. The van der Waals surface area contributed by atoms with Crippen molar-refractivity contribution in [2.45, 2.75) is 45.7 Å². The van der Waals surface area contributed by atoms with Crippen molar-refractivity contribution in [3.8, 4) is 0 Å². The second-order valence-electron chi connectivity index (χ2n) is 3.42. The van der Waals surface area contributed by atoms with Crippen molar-refractivity contribution in [3.63, 3.8) is 0 Å². The van der Waals surface area contributed by atoms with Crippen LogP contribution in [-0.4, -0.2) is 29.5 Å². The maximum absolute atomic E-state index is 11.1. The van der Waals surface area contributed by atoms with Crippen molar-refractivity contribution >= 4 is 17.7 Å². The Hall–Kier alpha value is -0.220. The molecule has 2 atom stereocenters. The molecule has 0 heterocycles. The van der Waals surface area contributed by atoms with Crippen LogP contribution in [0.1, 0.15) is 33.6 Å². The minimum atomic E-state index is -0.234. The molecule has 0 saturated heterocycles. The maximum Gasteiger partial charge on any atom is 0.234 e. The highest BCUT2D eigenvalue weighted by atomic mass is 32.2.